The zero-order valence-electron chi connectivity index (χ0n) is 8.64. The first-order valence-electron chi connectivity index (χ1n) is 4.40. The molecule has 1 aromatic rings. The van der Waals surface area contributed by atoms with E-state index in [0.717, 1.165) is 0 Å². The van der Waals surface area contributed by atoms with Crippen molar-refractivity contribution in [3.63, 3.8) is 0 Å². The second-order valence-corrected chi connectivity index (χ2v) is 2.75. The largest absolute Gasteiger partial charge is 0.342 e. The third-order valence-electron chi connectivity index (χ3n) is 1.74. The Morgan fingerprint density at radius 2 is 2.40 bits per heavy atom. The van der Waals surface area contributed by atoms with Gasteiger partial charge in [0.2, 0.25) is 0 Å². The van der Waals surface area contributed by atoms with Crippen molar-refractivity contribution in [3.05, 3.63) is 30.4 Å². The Morgan fingerprint density at radius 3 is 2.93 bits per heavy atom. The molecule has 0 aliphatic heterocycles. The monoisotopic (exact) mass is 204 g/mol. The second-order valence-electron chi connectivity index (χ2n) is 2.75. The molecule has 5 heteroatoms. The highest BCUT2D eigenvalue weighted by Gasteiger charge is 2.02. The van der Waals surface area contributed by atoms with Crippen molar-refractivity contribution in [2.75, 3.05) is 7.05 Å². The molecule has 0 bridgehead atoms. The molecule has 1 heterocycles. The molecule has 0 aliphatic carbocycles. The van der Waals surface area contributed by atoms with Gasteiger partial charge in [0.15, 0.2) is 0 Å². The van der Waals surface area contributed by atoms with Gasteiger partial charge in [-0.15, -0.1) is 0 Å². The molecule has 0 radical (unpaired) electrons. The fourth-order valence-electron chi connectivity index (χ4n) is 0.960. The number of carbonyl (C=O) groups is 1. The Bertz CT molecular complexity index is 384. The molecule has 15 heavy (non-hydrogen) atoms. The molecular weight excluding hydrogens is 192 g/mol. The van der Waals surface area contributed by atoms with E-state index in [0.29, 0.717) is 23.5 Å². The Morgan fingerprint density at radius 1 is 1.60 bits per heavy atom. The van der Waals surface area contributed by atoms with Crippen LogP contribution in [0.15, 0.2) is 29.7 Å². The van der Waals surface area contributed by atoms with Crippen LogP contribution in [-0.2, 0) is 4.79 Å². The van der Waals surface area contributed by atoms with Gasteiger partial charge < -0.3 is 5.32 Å². The molecule has 0 amide bonds. The van der Waals surface area contributed by atoms with Crippen molar-refractivity contribution in [1.82, 2.24) is 15.3 Å². The maximum absolute atomic E-state index is 10.5. The average Bonchev–Trinajstić information content (AvgIpc) is 2.29. The second kappa shape index (κ2) is 5.64. The fraction of sp³-hybridized carbons (Fsp3) is 0.200. The van der Waals surface area contributed by atoms with Gasteiger partial charge in [0, 0.05) is 19.3 Å². The average molecular weight is 204 g/mol. The van der Waals surface area contributed by atoms with Gasteiger partial charge in [0.05, 0.1) is 17.2 Å². The third kappa shape index (κ3) is 3.30. The van der Waals surface area contributed by atoms with Crippen LogP contribution in [0.4, 0.5) is 0 Å². The van der Waals surface area contributed by atoms with E-state index in [2.05, 4.69) is 20.3 Å². The van der Waals surface area contributed by atoms with Crippen LogP contribution in [0.25, 0.3) is 5.70 Å². The Balaban J connectivity index is 2.95. The summed E-state index contributed by atoms with van der Waals surface area (Å²) in [6, 6.07) is 1.71. The van der Waals surface area contributed by atoms with Crippen LogP contribution in [0.3, 0.4) is 0 Å². The summed E-state index contributed by atoms with van der Waals surface area (Å²) in [4.78, 5) is 22.2. The smallest absolute Gasteiger partial charge is 0.144 e. The van der Waals surface area contributed by atoms with Crippen LogP contribution in [-0.4, -0.2) is 29.1 Å². The summed E-state index contributed by atoms with van der Waals surface area (Å²) < 4.78 is 0. The number of allylic oxidation sites excluding steroid dienone is 1. The molecule has 0 spiro atoms. The lowest BCUT2D eigenvalue weighted by Gasteiger charge is -2.07. The third-order valence-corrected chi connectivity index (χ3v) is 1.74. The summed E-state index contributed by atoms with van der Waals surface area (Å²) in [5.41, 5.74) is 1.26. The van der Waals surface area contributed by atoms with Crippen molar-refractivity contribution >= 4 is 17.8 Å². The molecule has 5 nitrogen and oxygen atoms in total. The highest BCUT2D eigenvalue weighted by Crippen LogP contribution is 2.05. The zero-order chi connectivity index (χ0) is 11.1. The summed E-state index contributed by atoms with van der Waals surface area (Å²) in [7, 11) is 1.67. The van der Waals surface area contributed by atoms with E-state index in [1.165, 1.54) is 12.4 Å². The van der Waals surface area contributed by atoms with Crippen LogP contribution in [0.1, 0.15) is 12.6 Å². The molecule has 0 saturated heterocycles. The molecule has 0 aromatic carbocycles. The molecule has 0 saturated carbocycles. The summed E-state index contributed by atoms with van der Waals surface area (Å²) in [5, 5.41) is 2.97. The number of carbonyl (C=O) groups excluding carboxylic acids is 1. The van der Waals surface area contributed by atoms with Gasteiger partial charge in [-0.25, -0.2) is 9.97 Å². The van der Waals surface area contributed by atoms with E-state index in [-0.39, 0.29) is 0 Å². The van der Waals surface area contributed by atoms with E-state index in [1.54, 1.807) is 26.2 Å². The summed E-state index contributed by atoms with van der Waals surface area (Å²) in [5.74, 6) is 0.710. The van der Waals surface area contributed by atoms with E-state index in [1.807, 2.05) is 0 Å². The van der Waals surface area contributed by atoms with Crippen molar-refractivity contribution in [2.24, 2.45) is 4.99 Å². The zero-order valence-corrected chi connectivity index (χ0v) is 8.64. The Hall–Kier alpha value is -2.04. The minimum atomic E-state index is 0.607. The Kier molecular flexibility index (Phi) is 4.15. The molecule has 0 atom stereocenters. The van der Waals surface area contributed by atoms with E-state index in [4.69, 9.17) is 0 Å². The number of hydrogen-bond acceptors (Lipinski definition) is 4. The molecule has 0 fully saturated rings. The number of aromatic nitrogens is 2. The van der Waals surface area contributed by atoms with Crippen molar-refractivity contribution < 1.29 is 4.79 Å². The molecule has 0 unspecified atom stereocenters. The fourth-order valence-corrected chi connectivity index (χ4v) is 0.960. The minimum Gasteiger partial charge on any atom is -0.342 e. The van der Waals surface area contributed by atoms with Crippen LogP contribution < -0.4 is 5.32 Å². The predicted molar refractivity (Wildman–Crippen MR) is 58.2 cm³/mol. The first-order chi connectivity index (χ1) is 7.27. The number of aliphatic imine (C=N–C) groups is 1. The summed E-state index contributed by atoms with van der Waals surface area (Å²) >= 11 is 0. The standard InChI is InChI=1S/C10H12N4O/c1-8(11-2)14-10(4-6-15)9-3-5-12-7-13-9/h3-7H,1-2H3,(H,11,14)/b10-4-. The highest BCUT2D eigenvalue weighted by atomic mass is 16.1. The number of nitrogens with zero attached hydrogens (tertiary/aromatic N) is 3. The van der Waals surface area contributed by atoms with E-state index in [9.17, 15) is 4.79 Å². The highest BCUT2D eigenvalue weighted by molar-refractivity contribution is 5.92. The quantitative estimate of drug-likeness (QED) is 0.340. The normalized spacial score (nSPS) is 12.4. The molecule has 0 aliphatic rings. The molecule has 1 N–H and O–H groups in total. The van der Waals surface area contributed by atoms with Gasteiger partial charge in [-0.1, -0.05) is 0 Å². The number of nitrogens with one attached hydrogen (secondary N) is 1. The summed E-state index contributed by atoms with van der Waals surface area (Å²) in [6.45, 7) is 1.81. The van der Waals surface area contributed by atoms with Gasteiger partial charge in [-0.05, 0) is 13.0 Å². The number of amidine groups is 1. The molecule has 78 valence electrons. The van der Waals surface area contributed by atoms with Crippen molar-refractivity contribution in [1.29, 1.82) is 0 Å². The summed E-state index contributed by atoms with van der Waals surface area (Å²) in [6.07, 6.45) is 5.14. The lowest BCUT2D eigenvalue weighted by molar-refractivity contribution is -0.104. The van der Waals surface area contributed by atoms with Gasteiger partial charge in [-0.3, -0.25) is 9.79 Å². The van der Waals surface area contributed by atoms with Crippen LogP contribution >= 0.6 is 0 Å². The maximum Gasteiger partial charge on any atom is 0.144 e. The van der Waals surface area contributed by atoms with Crippen molar-refractivity contribution in [3.8, 4) is 0 Å². The van der Waals surface area contributed by atoms with Crippen LogP contribution in [0, 0.1) is 0 Å². The van der Waals surface area contributed by atoms with Gasteiger partial charge in [0.25, 0.3) is 0 Å². The minimum absolute atomic E-state index is 0.607. The number of rotatable bonds is 3. The van der Waals surface area contributed by atoms with E-state index < -0.39 is 0 Å². The Labute approximate surface area is 88.0 Å². The number of aldehydes is 1. The van der Waals surface area contributed by atoms with Crippen molar-refractivity contribution in [2.45, 2.75) is 6.92 Å². The topological polar surface area (TPSA) is 67.2 Å². The molecule has 1 rings (SSSR count). The molecular formula is C10H12N4O. The molecule has 1 aromatic heterocycles. The van der Waals surface area contributed by atoms with Crippen LogP contribution in [0.5, 0.6) is 0 Å². The number of hydrogen-bond donors (Lipinski definition) is 1. The SMILES string of the molecule is CN=C(C)N/C(=C\C=O)c1ccncn1. The first kappa shape index (κ1) is 11.0. The van der Waals surface area contributed by atoms with Gasteiger partial charge in [-0.2, -0.15) is 0 Å². The lowest BCUT2D eigenvalue weighted by Crippen LogP contribution is -2.19. The van der Waals surface area contributed by atoms with Gasteiger partial charge in [0.1, 0.15) is 12.6 Å². The van der Waals surface area contributed by atoms with E-state index >= 15 is 0 Å². The lowest BCUT2D eigenvalue weighted by atomic mass is 10.3. The van der Waals surface area contributed by atoms with Crippen LogP contribution in [0.2, 0.25) is 0 Å². The first-order valence-corrected chi connectivity index (χ1v) is 4.40. The predicted octanol–water partition coefficient (Wildman–Crippen LogP) is 0.654. The maximum atomic E-state index is 10.5. The van der Waals surface area contributed by atoms with Gasteiger partial charge >= 0.3 is 0 Å².